The third-order valence-corrected chi connectivity index (χ3v) is 10.3. The minimum Gasteiger partial charge on any atom is -0.357 e. The van der Waals surface area contributed by atoms with E-state index >= 15 is 0 Å². The van der Waals surface area contributed by atoms with Gasteiger partial charge in [-0.25, -0.2) is 0 Å². The van der Waals surface area contributed by atoms with Gasteiger partial charge >= 0.3 is 0 Å². The first-order chi connectivity index (χ1) is 19.2. The molecular formula is C33H34N2O3S. The molecule has 1 N–H and O–H groups in total. The van der Waals surface area contributed by atoms with Crippen molar-refractivity contribution in [1.29, 1.82) is 0 Å². The minimum atomic E-state index is -0.889. The molecular weight excluding hydrogens is 504 g/mol. The van der Waals surface area contributed by atoms with Gasteiger partial charge in [0.05, 0.1) is 28.8 Å². The number of rotatable bonds is 8. The molecule has 0 bridgehead atoms. The fraction of sp³-hybridized carbons (Fsp3) is 0.364. The Bertz CT molecular complexity index is 1430. The molecule has 5 atom stereocenters. The van der Waals surface area contributed by atoms with E-state index in [1.807, 2.05) is 30.5 Å². The molecule has 3 heterocycles. The lowest BCUT2D eigenvalue weighted by molar-refractivity contribution is -0.165. The van der Waals surface area contributed by atoms with Crippen molar-refractivity contribution >= 4 is 10.8 Å². The van der Waals surface area contributed by atoms with Gasteiger partial charge < -0.3 is 14.5 Å². The topological polar surface area (TPSA) is 64.2 Å². The number of H-pyrrole nitrogens is 1. The predicted molar refractivity (Wildman–Crippen MR) is 153 cm³/mol. The second kappa shape index (κ2) is 10.5. The van der Waals surface area contributed by atoms with Crippen molar-refractivity contribution < 1.29 is 13.7 Å². The fourth-order valence-corrected chi connectivity index (χ4v) is 7.62. The van der Waals surface area contributed by atoms with Crippen LogP contribution in [0.5, 0.6) is 0 Å². The van der Waals surface area contributed by atoms with Gasteiger partial charge in [0.15, 0.2) is 5.79 Å². The summed E-state index contributed by atoms with van der Waals surface area (Å²) in [4.78, 5) is 9.15. The van der Waals surface area contributed by atoms with Gasteiger partial charge in [-0.3, -0.25) is 9.19 Å². The maximum absolute atomic E-state index is 12.7. The smallest absolute Gasteiger partial charge is 0.169 e. The Balaban J connectivity index is 1.12. The summed E-state index contributed by atoms with van der Waals surface area (Å²) in [5, 5.41) is 0.344. The van der Waals surface area contributed by atoms with Crippen LogP contribution in [-0.2, 0) is 20.3 Å². The monoisotopic (exact) mass is 538 g/mol. The van der Waals surface area contributed by atoms with Crippen molar-refractivity contribution in [3.63, 3.8) is 0 Å². The molecule has 0 radical (unpaired) electrons. The molecule has 5 nitrogen and oxygen atoms in total. The molecule has 7 rings (SSSR count). The Hall–Kier alpha value is -3.06. The SMILES string of the molecule is O=S(c1ccc(C(CC2CCC3(C2)OC[C@@H](c2ccccc2)O3)c2ccc(-c3ccccn3)[nH]2)cc1)C1CC1. The van der Waals surface area contributed by atoms with Crippen molar-refractivity contribution in [3.05, 3.63) is 108 Å². The van der Waals surface area contributed by atoms with Gasteiger partial charge in [-0.1, -0.05) is 48.5 Å². The van der Waals surface area contributed by atoms with E-state index in [2.05, 4.69) is 70.6 Å². The third-order valence-electron chi connectivity index (χ3n) is 8.50. The standard InChI is InChI=1S/C33H34N2O3S/c36-39(27-13-14-27)26-11-9-24(10-12-26)28(29-15-16-31(35-29)30-8-4-5-19-34-30)20-23-17-18-33(21-23)37-22-32(38-33)25-6-2-1-3-7-25/h1-12,15-16,19,23,27-28,32,35H,13-14,17-18,20-22H2/t23?,28?,32-,33?,39?/m0/s1. The molecule has 2 aromatic carbocycles. The number of nitrogens with zero attached hydrogens (tertiary/aromatic N) is 1. The molecule has 6 heteroatoms. The van der Waals surface area contributed by atoms with Gasteiger partial charge in [-0.2, -0.15) is 0 Å². The Kier molecular flexibility index (Phi) is 6.71. The zero-order chi connectivity index (χ0) is 26.2. The summed E-state index contributed by atoms with van der Waals surface area (Å²) in [6, 6.07) is 29.2. The second-order valence-corrected chi connectivity index (χ2v) is 13.0. The van der Waals surface area contributed by atoms with E-state index in [0.29, 0.717) is 17.8 Å². The highest BCUT2D eigenvalue weighted by molar-refractivity contribution is 7.86. The van der Waals surface area contributed by atoms with Gasteiger partial charge in [0, 0.05) is 40.8 Å². The Morgan fingerprint density at radius 1 is 0.949 bits per heavy atom. The van der Waals surface area contributed by atoms with Crippen molar-refractivity contribution in [3.8, 4) is 11.4 Å². The molecule has 2 aromatic heterocycles. The summed E-state index contributed by atoms with van der Waals surface area (Å²) >= 11 is 0. The lowest BCUT2D eigenvalue weighted by atomic mass is 9.85. The summed E-state index contributed by atoms with van der Waals surface area (Å²) in [7, 11) is -0.889. The van der Waals surface area contributed by atoms with E-state index in [1.54, 1.807) is 0 Å². The van der Waals surface area contributed by atoms with Crippen LogP contribution in [0.3, 0.4) is 0 Å². The van der Waals surface area contributed by atoms with Gasteiger partial charge in [-0.15, -0.1) is 0 Å². The maximum atomic E-state index is 12.7. The molecule has 1 saturated heterocycles. The number of ether oxygens (including phenoxy) is 2. The second-order valence-electron chi connectivity index (χ2n) is 11.2. The number of pyridine rings is 1. The van der Waals surface area contributed by atoms with E-state index in [0.717, 1.165) is 54.8 Å². The molecule has 4 unspecified atom stereocenters. The van der Waals surface area contributed by atoms with Gasteiger partial charge in [-0.05, 0) is 79.1 Å². The van der Waals surface area contributed by atoms with Crippen LogP contribution in [0.2, 0.25) is 0 Å². The van der Waals surface area contributed by atoms with Crippen LogP contribution >= 0.6 is 0 Å². The minimum absolute atomic E-state index is 0.00460. The Morgan fingerprint density at radius 3 is 2.54 bits per heavy atom. The number of benzene rings is 2. The van der Waals surface area contributed by atoms with Gasteiger partial charge in [0.25, 0.3) is 0 Å². The molecule has 1 aliphatic heterocycles. The summed E-state index contributed by atoms with van der Waals surface area (Å²) in [5.74, 6) is 0.194. The van der Waals surface area contributed by atoms with Crippen LogP contribution in [0.4, 0.5) is 0 Å². The van der Waals surface area contributed by atoms with Crippen molar-refractivity contribution in [2.75, 3.05) is 6.61 Å². The summed E-state index contributed by atoms with van der Waals surface area (Å²) in [6.45, 7) is 0.615. The third kappa shape index (κ3) is 5.25. The van der Waals surface area contributed by atoms with Crippen LogP contribution < -0.4 is 0 Å². The van der Waals surface area contributed by atoms with Gasteiger partial charge in [0.1, 0.15) is 6.10 Å². The lowest BCUT2D eigenvalue weighted by Gasteiger charge is -2.25. The molecule has 2 saturated carbocycles. The molecule has 200 valence electrons. The lowest BCUT2D eigenvalue weighted by Crippen LogP contribution is -2.26. The average Bonchev–Trinajstić information content (AvgIpc) is 3.38. The first-order valence-corrected chi connectivity index (χ1v) is 15.3. The summed E-state index contributed by atoms with van der Waals surface area (Å²) < 4.78 is 25.7. The number of nitrogens with one attached hydrogen (secondary N) is 1. The van der Waals surface area contributed by atoms with Crippen LogP contribution in [0.15, 0.2) is 96.0 Å². The van der Waals surface area contributed by atoms with E-state index < -0.39 is 16.6 Å². The first-order valence-electron chi connectivity index (χ1n) is 14.1. The number of hydrogen-bond acceptors (Lipinski definition) is 4. The highest BCUT2D eigenvalue weighted by atomic mass is 32.2. The maximum Gasteiger partial charge on any atom is 0.169 e. The van der Waals surface area contributed by atoms with E-state index in [1.165, 1.54) is 16.8 Å². The quantitative estimate of drug-likeness (QED) is 0.259. The fourth-order valence-electron chi connectivity index (χ4n) is 6.27. The van der Waals surface area contributed by atoms with Crippen LogP contribution in [-0.4, -0.2) is 31.8 Å². The summed E-state index contributed by atoms with van der Waals surface area (Å²) in [5.41, 5.74) is 5.59. The van der Waals surface area contributed by atoms with E-state index in [4.69, 9.17) is 9.47 Å². The zero-order valence-electron chi connectivity index (χ0n) is 22.0. The average molecular weight is 539 g/mol. The number of aromatic nitrogens is 2. The van der Waals surface area contributed by atoms with E-state index in [-0.39, 0.29) is 12.0 Å². The highest BCUT2D eigenvalue weighted by Crippen LogP contribution is 2.49. The zero-order valence-corrected chi connectivity index (χ0v) is 22.8. The van der Waals surface area contributed by atoms with Crippen molar-refractivity contribution in [1.82, 2.24) is 9.97 Å². The van der Waals surface area contributed by atoms with Crippen LogP contribution in [0, 0.1) is 5.92 Å². The molecule has 1 spiro atoms. The van der Waals surface area contributed by atoms with Crippen LogP contribution in [0.1, 0.15) is 67.4 Å². The normalized spacial score (nSPS) is 26.2. The van der Waals surface area contributed by atoms with Crippen molar-refractivity contribution in [2.45, 2.75) is 66.5 Å². The molecule has 39 heavy (non-hydrogen) atoms. The van der Waals surface area contributed by atoms with E-state index in [9.17, 15) is 4.21 Å². The summed E-state index contributed by atoms with van der Waals surface area (Å²) in [6.07, 6.45) is 7.90. The largest absolute Gasteiger partial charge is 0.357 e. The Morgan fingerprint density at radius 2 is 1.77 bits per heavy atom. The number of aromatic amines is 1. The molecule has 0 amide bonds. The number of hydrogen-bond donors (Lipinski definition) is 1. The van der Waals surface area contributed by atoms with Crippen molar-refractivity contribution in [2.24, 2.45) is 5.92 Å². The molecule has 3 aliphatic rings. The first kappa shape index (κ1) is 24.9. The molecule has 2 aliphatic carbocycles. The predicted octanol–water partition coefficient (Wildman–Crippen LogP) is 7.15. The Labute approximate surface area is 232 Å². The highest BCUT2D eigenvalue weighted by Gasteiger charge is 2.48. The molecule has 4 aromatic rings. The molecule has 3 fully saturated rings. The van der Waals surface area contributed by atoms with Crippen LogP contribution in [0.25, 0.3) is 11.4 Å². The van der Waals surface area contributed by atoms with Gasteiger partial charge in [0.2, 0.25) is 0 Å².